The molecule has 0 bridgehead atoms. The first-order valence-corrected chi connectivity index (χ1v) is 9.39. The van der Waals surface area contributed by atoms with E-state index in [0.29, 0.717) is 19.8 Å². The first-order valence-electron chi connectivity index (χ1n) is 8.51. The lowest BCUT2D eigenvalue weighted by atomic mass is 10.0. The molecule has 24 heavy (non-hydrogen) atoms. The fraction of sp³-hybridized carbons (Fsp3) is 0.421. The van der Waals surface area contributed by atoms with Crippen LogP contribution in [0, 0.1) is 0 Å². The molecular weight excluding hydrogens is 320 g/mol. The summed E-state index contributed by atoms with van der Waals surface area (Å²) < 4.78 is 5.66. The van der Waals surface area contributed by atoms with Crippen molar-refractivity contribution in [1.29, 1.82) is 0 Å². The average Bonchev–Trinajstić information content (AvgIpc) is 3.10. The fourth-order valence-corrected chi connectivity index (χ4v) is 4.43. The maximum Gasteiger partial charge on any atom is 0.237 e. The summed E-state index contributed by atoms with van der Waals surface area (Å²) in [6.07, 6.45) is 0.990. The highest BCUT2D eigenvalue weighted by Crippen LogP contribution is 2.26. The third-order valence-corrected chi connectivity index (χ3v) is 5.95. The zero-order valence-electron chi connectivity index (χ0n) is 13.7. The van der Waals surface area contributed by atoms with Crippen molar-refractivity contribution >= 4 is 17.2 Å². The van der Waals surface area contributed by atoms with Crippen LogP contribution in [0.5, 0.6) is 0 Å². The Morgan fingerprint density at radius 2 is 2.08 bits per heavy atom. The molecule has 126 valence electrons. The number of carbonyl (C=O) groups excluding carboxylic acids is 1. The molecule has 4 nitrogen and oxygen atoms in total. The van der Waals surface area contributed by atoms with Crippen molar-refractivity contribution < 1.29 is 9.53 Å². The third-order valence-electron chi connectivity index (χ3n) is 4.92. The van der Waals surface area contributed by atoms with Crippen LogP contribution < -0.4 is 0 Å². The van der Waals surface area contributed by atoms with Gasteiger partial charge in [0.25, 0.3) is 0 Å². The van der Waals surface area contributed by atoms with Crippen LogP contribution in [0.15, 0.2) is 41.8 Å². The van der Waals surface area contributed by atoms with Crippen LogP contribution in [-0.4, -0.2) is 48.6 Å². The van der Waals surface area contributed by atoms with Gasteiger partial charge in [-0.05, 0) is 29.0 Å². The zero-order valence-corrected chi connectivity index (χ0v) is 14.5. The molecule has 3 heterocycles. The SMILES string of the molecule is O=C(CN1CCOC[C@H]1c1ccccc1)N1CCc2sccc2C1. The van der Waals surface area contributed by atoms with Crippen LogP contribution in [0.2, 0.25) is 0 Å². The predicted molar refractivity (Wildman–Crippen MR) is 95.0 cm³/mol. The van der Waals surface area contributed by atoms with Crippen molar-refractivity contribution in [2.75, 3.05) is 32.8 Å². The molecular formula is C19H22N2O2S. The molecule has 2 aliphatic heterocycles. The molecule has 1 aromatic carbocycles. The van der Waals surface area contributed by atoms with E-state index in [1.807, 2.05) is 34.4 Å². The number of thiophene rings is 1. The Labute approximate surface area is 146 Å². The predicted octanol–water partition coefficient (Wildman–Crippen LogP) is 2.71. The topological polar surface area (TPSA) is 32.8 Å². The molecule has 2 aromatic rings. The van der Waals surface area contributed by atoms with Crippen molar-refractivity contribution in [3.05, 3.63) is 57.8 Å². The van der Waals surface area contributed by atoms with Gasteiger partial charge in [0.15, 0.2) is 0 Å². The van der Waals surface area contributed by atoms with Gasteiger partial charge in [0.1, 0.15) is 0 Å². The number of benzene rings is 1. The quantitative estimate of drug-likeness (QED) is 0.860. The number of fused-ring (bicyclic) bond motifs is 1. The molecule has 5 heteroatoms. The molecule has 0 saturated carbocycles. The second kappa shape index (κ2) is 7.05. The normalized spacial score (nSPS) is 21.5. The van der Waals surface area contributed by atoms with Crippen molar-refractivity contribution in [3.8, 4) is 0 Å². The molecule has 0 aliphatic carbocycles. The van der Waals surface area contributed by atoms with Gasteiger partial charge in [-0.1, -0.05) is 30.3 Å². The summed E-state index contributed by atoms with van der Waals surface area (Å²) in [6.45, 7) is 4.24. The van der Waals surface area contributed by atoms with Crippen LogP contribution in [0.4, 0.5) is 0 Å². The highest BCUT2D eigenvalue weighted by molar-refractivity contribution is 7.10. The number of ether oxygens (including phenoxy) is 1. The number of nitrogens with zero attached hydrogens (tertiary/aromatic N) is 2. The van der Waals surface area contributed by atoms with Gasteiger partial charge in [0.2, 0.25) is 5.91 Å². The van der Waals surface area contributed by atoms with E-state index in [9.17, 15) is 4.79 Å². The van der Waals surface area contributed by atoms with Gasteiger partial charge in [0, 0.05) is 24.5 Å². The van der Waals surface area contributed by atoms with Crippen molar-refractivity contribution in [1.82, 2.24) is 9.80 Å². The number of hydrogen-bond donors (Lipinski definition) is 0. The Balaban J connectivity index is 1.44. The van der Waals surface area contributed by atoms with Crippen LogP contribution in [0.1, 0.15) is 22.0 Å². The van der Waals surface area contributed by atoms with Crippen molar-refractivity contribution in [2.45, 2.75) is 19.0 Å². The van der Waals surface area contributed by atoms with Crippen LogP contribution in [0.3, 0.4) is 0 Å². The van der Waals surface area contributed by atoms with Gasteiger partial charge in [-0.15, -0.1) is 11.3 Å². The van der Waals surface area contributed by atoms with Gasteiger partial charge in [-0.2, -0.15) is 0 Å². The Morgan fingerprint density at radius 1 is 1.21 bits per heavy atom. The Bertz CT molecular complexity index is 700. The summed E-state index contributed by atoms with van der Waals surface area (Å²) in [5, 5.41) is 2.13. The highest BCUT2D eigenvalue weighted by atomic mass is 32.1. The molecule has 2 aliphatic rings. The summed E-state index contributed by atoms with van der Waals surface area (Å²) in [5.74, 6) is 0.231. The first kappa shape index (κ1) is 15.8. The second-order valence-electron chi connectivity index (χ2n) is 6.41. The molecule has 0 N–H and O–H groups in total. The minimum Gasteiger partial charge on any atom is -0.378 e. The van der Waals surface area contributed by atoms with Crippen LogP contribution >= 0.6 is 11.3 Å². The average molecular weight is 342 g/mol. The molecule has 0 radical (unpaired) electrons. The molecule has 1 fully saturated rings. The van der Waals surface area contributed by atoms with Crippen molar-refractivity contribution in [3.63, 3.8) is 0 Å². The largest absolute Gasteiger partial charge is 0.378 e. The summed E-state index contributed by atoms with van der Waals surface area (Å²) in [7, 11) is 0. The smallest absolute Gasteiger partial charge is 0.237 e. The van der Waals surface area contributed by atoms with Gasteiger partial charge >= 0.3 is 0 Å². The van der Waals surface area contributed by atoms with E-state index in [1.54, 1.807) is 0 Å². The standard InChI is InChI=1S/C19H22N2O2S/c22-19(21-8-6-18-16(12-21)7-11-24-18)13-20-9-10-23-14-17(20)15-4-2-1-3-5-15/h1-5,7,11,17H,6,8-10,12-14H2/t17-/m0/s1. The maximum absolute atomic E-state index is 12.8. The zero-order chi connectivity index (χ0) is 16.4. The fourth-order valence-electron chi connectivity index (χ4n) is 3.54. The molecule has 1 amide bonds. The van der Waals surface area contributed by atoms with Crippen molar-refractivity contribution in [2.24, 2.45) is 0 Å². The van der Waals surface area contributed by atoms with Crippen LogP contribution in [0.25, 0.3) is 0 Å². The molecule has 0 unspecified atom stereocenters. The number of rotatable bonds is 3. The lowest BCUT2D eigenvalue weighted by Gasteiger charge is -2.37. The Kier molecular flexibility index (Phi) is 4.65. The minimum atomic E-state index is 0.172. The molecule has 4 rings (SSSR count). The van der Waals surface area contributed by atoms with Gasteiger partial charge < -0.3 is 9.64 Å². The van der Waals surface area contributed by atoms with Gasteiger partial charge in [-0.25, -0.2) is 0 Å². The molecule has 1 atom stereocenters. The number of morpholine rings is 1. The van der Waals surface area contributed by atoms with Crippen LogP contribution in [-0.2, 0) is 22.5 Å². The summed E-state index contributed by atoms with van der Waals surface area (Å²) in [4.78, 5) is 18.5. The molecule has 1 aromatic heterocycles. The summed E-state index contributed by atoms with van der Waals surface area (Å²) in [6, 6.07) is 12.7. The number of hydrogen-bond acceptors (Lipinski definition) is 4. The van der Waals surface area contributed by atoms with E-state index < -0.39 is 0 Å². The summed E-state index contributed by atoms with van der Waals surface area (Å²) >= 11 is 1.81. The first-order chi connectivity index (χ1) is 11.8. The monoisotopic (exact) mass is 342 g/mol. The van der Waals surface area contributed by atoms with E-state index in [4.69, 9.17) is 4.74 Å². The van der Waals surface area contributed by atoms with E-state index in [-0.39, 0.29) is 11.9 Å². The van der Waals surface area contributed by atoms with Gasteiger partial charge in [0.05, 0.1) is 25.8 Å². The van der Waals surface area contributed by atoms with Gasteiger partial charge in [-0.3, -0.25) is 9.69 Å². The lowest BCUT2D eigenvalue weighted by molar-refractivity contribution is -0.135. The third kappa shape index (κ3) is 3.24. The maximum atomic E-state index is 12.8. The Hall–Kier alpha value is -1.69. The number of carbonyl (C=O) groups is 1. The lowest BCUT2D eigenvalue weighted by Crippen LogP contribution is -2.47. The molecule has 1 saturated heterocycles. The van der Waals surface area contributed by atoms with E-state index in [1.165, 1.54) is 16.0 Å². The van der Waals surface area contributed by atoms with E-state index in [2.05, 4.69) is 28.5 Å². The van der Waals surface area contributed by atoms with E-state index in [0.717, 1.165) is 26.1 Å². The highest BCUT2D eigenvalue weighted by Gasteiger charge is 2.29. The van der Waals surface area contributed by atoms with E-state index >= 15 is 0 Å². The minimum absolute atomic E-state index is 0.172. The second-order valence-corrected chi connectivity index (χ2v) is 7.41. The number of amides is 1. The summed E-state index contributed by atoms with van der Waals surface area (Å²) in [5.41, 5.74) is 2.55. The molecule has 0 spiro atoms. The Morgan fingerprint density at radius 3 is 2.96 bits per heavy atom.